The summed E-state index contributed by atoms with van der Waals surface area (Å²) in [5.74, 6) is -0.431. The zero-order chi connectivity index (χ0) is 13.8. The first-order valence-electron chi connectivity index (χ1n) is 6.41. The van der Waals surface area contributed by atoms with Gasteiger partial charge < -0.3 is 5.11 Å². The summed E-state index contributed by atoms with van der Waals surface area (Å²) in [6.45, 7) is 4.34. The average Bonchev–Trinajstić information content (AvgIpc) is 2.46. The summed E-state index contributed by atoms with van der Waals surface area (Å²) in [6, 6.07) is 9.82. The third-order valence-electron chi connectivity index (χ3n) is 3.45. The second-order valence-electron chi connectivity index (χ2n) is 4.66. The number of carbonyl (C=O) groups is 1. The number of aromatic carboxylic acids is 1. The van der Waals surface area contributed by atoms with E-state index in [4.69, 9.17) is 5.11 Å². The van der Waals surface area contributed by atoms with Gasteiger partial charge in [-0.05, 0) is 35.1 Å². The molecular weight excluding hydrogens is 238 g/mol. The number of carboxylic acid groups (broad SMARTS) is 1. The van der Waals surface area contributed by atoms with E-state index in [-0.39, 0.29) is 5.56 Å². The number of aromatic nitrogens is 1. The van der Waals surface area contributed by atoms with Crippen LogP contribution in [0, 0.1) is 0 Å². The lowest BCUT2D eigenvalue weighted by Gasteiger charge is -2.10. The molecule has 3 heteroatoms. The van der Waals surface area contributed by atoms with Crippen LogP contribution in [-0.2, 0) is 0 Å². The zero-order valence-electron chi connectivity index (χ0n) is 11.1. The van der Waals surface area contributed by atoms with Crippen molar-refractivity contribution in [2.75, 3.05) is 0 Å². The molecular formula is C16H17NO2. The molecule has 0 spiro atoms. The Bertz CT molecular complexity index is 576. The Labute approximate surface area is 112 Å². The summed E-state index contributed by atoms with van der Waals surface area (Å²) in [7, 11) is 0. The van der Waals surface area contributed by atoms with E-state index in [1.54, 1.807) is 12.3 Å². The molecule has 1 aromatic carbocycles. The summed E-state index contributed by atoms with van der Waals surface area (Å²) < 4.78 is 0. The molecule has 1 atom stereocenters. The van der Waals surface area contributed by atoms with Gasteiger partial charge in [-0.1, -0.05) is 38.1 Å². The average molecular weight is 255 g/mol. The maximum atomic E-state index is 11.2. The van der Waals surface area contributed by atoms with E-state index in [1.165, 1.54) is 11.8 Å². The van der Waals surface area contributed by atoms with Crippen LogP contribution in [-0.4, -0.2) is 16.1 Å². The molecule has 2 rings (SSSR count). The molecule has 1 unspecified atom stereocenters. The Hall–Kier alpha value is -2.16. The molecule has 0 amide bonds. The van der Waals surface area contributed by atoms with Gasteiger partial charge >= 0.3 is 5.97 Å². The number of benzene rings is 1. The fraction of sp³-hybridized carbons (Fsp3) is 0.250. The molecule has 0 saturated carbocycles. The molecule has 1 aromatic heterocycles. The van der Waals surface area contributed by atoms with Gasteiger partial charge in [0, 0.05) is 12.4 Å². The molecule has 0 aliphatic rings. The van der Waals surface area contributed by atoms with Crippen LogP contribution < -0.4 is 0 Å². The number of rotatable bonds is 4. The summed E-state index contributed by atoms with van der Waals surface area (Å²) in [6.07, 6.45) is 4.10. The smallest absolute Gasteiger partial charge is 0.337 e. The molecule has 1 heterocycles. The lowest BCUT2D eigenvalue weighted by Crippen LogP contribution is -2.00. The SMILES string of the molecule is CCC(C)c1ccc(-c2ccncc2C(=O)O)cc1. The fourth-order valence-electron chi connectivity index (χ4n) is 2.04. The molecule has 0 bridgehead atoms. The maximum absolute atomic E-state index is 11.2. The van der Waals surface area contributed by atoms with E-state index >= 15 is 0 Å². The highest BCUT2D eigenvalue weighted by Crippen LogP contribution is 2.26. The van der Waals surface area contributed by atoms with Crippen LogP contribution in [0.15, 0.2) is 42.7 Å². The first-order valence-corrected chi connectivity index (χ1v) is 6.41. The molecule has 3 nitrogen and oxygen atoms in total. The molecule has 0 aliphatic carbocycles. The van der Waals surface area contributed by atoms with Gasteiger partial charge in [0.2, 0.25) is 0 Å². The van der Waals surface area contributed by atoms with Crippen molar-refractivity contribution in [3.63, 3.8) is 0 Å². The highest BCUT2D eigenvalue weighted by Gasteiger charge is 2.11. The van der Waals surface area contributed by atoms with E-state index in [9.17, 15) is 4.79 Å². The molecule has 0 aliphatic heterocycles. The van der Waals surface area contributed by atoms with Gasteiger partial charge in [0.05, 0.1) is 5.56 Å². The van der Waals surface area contributed by atoms with Crippen LogP contribution in [0.3, 0.4) is 0 Å². The fourth-order valence-corrected chi connectivity index (χ4v) is 2.04. The first-order chi connectivity index (χ1) is 9.13. The van der Waals surface area contributed by atoms with Gasteiger partial charge in [-0.15, -0.1) is 0 Å². The lowest BCUT2D eigenvalue weighted by atomic mass is 9.95. The Kier molecular flexibility index (Phi) is 3.95. The Morgan fingerprint density at radius 1 is 1.26 bits per heavy atom. The van der Waals surface area contributed by atoms with Crippen LogP contribution in [0.2, 0.25) is 0 Å². The molecule has 98 valence electrons. The van der Waals surface area contributed by atoms with Crippen LogP contribution in [0.25, 0.3) is 11.1 Å². The van der Waals surface area contributed by atoms with Crippen LogP contribution in [0.1, 0.15) is 42.1 Å². The summed E-state index contributed by atoms with van der Waals surface area (Å²) >= 11 is 0. The van der Waals surface area contributed by atoms with E-state index in [0.29, 0.717) is 11.5 Å². The van der Waals surface area contributed by atoms with Crippen molar-refractivity contribution in [2.24, 2.45) is 0 Å². The summed E-state index contributed by atoms with van der Waals surface area (Å²) in [4.78, 5) is 15.0. The second kappa shape index (κ2) is 5.65. The summed E-state index contributed by atoms with van der Waals surface area (Å²) in [5, 5.41) is 9.17. The van der Waals surface area contributed by atoms with Gasteiger partial charge in [-0.2, -0.15) is 0 Å². The van der Waals surface area contributed by atoms with E-state index in [0.717, 1.165) is 12.0 Å². The Morgan fingerprint density at radius 3 is 2.53 bits per heavy atom. The predicted octanol–water partition coefficient (Wildman–Crippen LogP) is 3.96. The minimum Gasteiger partial charge on any atom is -0.478 e. The Balaban J connectivity index is 2.40. The van der Waals surface area contributed by atoms with Crippen LogP contribution in [0.5, 0.6) is 0 Å². The molecule has 0 fully saturated rings. The van der Waals surface area contributed by atoms with Gasteiger partial charge in [0.1, 0.15) is 0 Å². The second-order valence-corrected chi connectivity index (χ2v) is 4.66. The minimum atomic E-state index is -0.950. The van der Waals surface area contributed by atoms with Crippen molar-refractivity contribution in [1.29, 1.82) is 0 Å². The van der Waals surface area contributed by atoms with Gasteiger partial charge in [-0.3, -0.25) is 4.98 Å². The van der Waals surface area contributed by atoms with Gasteiger partial charge in [-0.25, -0.2) is 4.79 Å². The normalized spacial score (nSPS) is 12.1. The van der Waals surface area contributed by atoms with E-state index < -0.39 is 5.97 Å². The minimum absolute atomic E-state index is 0.235. The van der Waals surface area contributed by atoms with Crippen molar-refractivity contribution in [3.8, 4) is 11.1 Å². The number of carboxylic acids is 1. The van der Waals surface area contributed by atoms with Gasteiger partial charge in [0.15, 0.2) is 0 Å². The molecule has 19 heavy (non-hydrogen) atoms. The lowest BCUT2D eigenvalue weighted by molar-refractivity contribution is 0.0697. The maximum Gasteiger partial charge on any atom is 0.337 e. The van der Waals surface area contributed by atoms with E-state index in [2.05, 4.69) is 31.0 Å². The van der Waals surface area contributed by atoms with Crippen LogP contribution >= 0.6 is 0 Å². The predicted molar refractivity (Wildman–Crippen MR) is 75.3 cm³/mol. The Morgan fingerprint density at radius 2 is 1.95 bits per heavy atom. The summed E-state index contributed by atoms with van der Waals surface area (Å²) in [5.41, 5.74) is 3.13. The molecule has 0 saturated heterocycles. The number of pyridine rings is 1. The van der Waals surface area contributed by atoms with Crippen molar-refractivity contribution in [1.82, 2.24) is 4.98 Å². The number of nitrogens with zero attached hydrogens (tertiary/aromatic N) is 1. The zero-order valence-corrected chi connectivity index (χ0v) is 11.1. The van der Waals surface area contributed by atoms with Crippen LogP contribution in [0.4, 0.5) is 0 Å². The number of hydrogen-bond donors (Lipinski definition) is 1. The molecule has 2 aromatic rings. The third kappa shape index (κ3) is 2.81. The highest BCUT2D eigenvalue weighted by atomic mass is 16.4. The largest absolute Gasteiger partial charge is 0.478 e. The van der Waals surface area contributed by atoms with Crippen molar-refractivity contribution < 1.29 is 9.90 Å². The molecule has 0 radical (unpaired) electrons. The van der Waals surface area contributed by atoms with Crippen molar-refractivity contribution in [3.05, 3.63) is 53.9 Å². The first kappa shape index (κ1) is 13.3. The van der Waals surface area contributed by atoms with Crippen molar-refractivity contribution >= 4 is 5.97 Å². The highest BCUT2D eigenvalue weighted by molar-refractivity contribution is 5.95. The number of hydrogen-bond acceptors (Lipinski definition) is 2. The van der Waals surface area contributed by atoms with Crippen molar-refractivity contribution in [2.45, 2.75) is 26.2 Å². The third-order valence-corrected chi connectivity index (χ3v) is 3.45. The quantitative estimate of drug-likeness (QED) is 0.899. The standard InChI is InChI=1S/C16H17NO2/c1-3-11(2)12-4-6-13(7-5-12)14-8-9-17-10-15(14)16(18)19/h4-11H,3H2,1-2H3,(H,18,19). The van der Waals surface area contributed by atoms with E-state index in [1.807, 2.05) is 12.1 Å². The van der Waals surface area contributed by atoms with Gasteiger partial charge in [0.25, 0.3) is 0 Å². The monoisotopic (exact) mass is 255 g/mol. The topological polar surface area (TPSA) is 50.2 Å². The molecule has 1 N–H and O–H groups in total.